The number of piperazine rings is 1. The van der Waals surface area contributed by atoms with Crippen LogP contribution in [0.5, 0.6) is 0 Å². The van der Waals surface area contributed by atoms with Gasteiger partial charge in [0.15, 0.2) is 6.10 Å². The zero-order valence-electron chi connectivity index (χ0n) is 15.8. The summed E-state index contributed by atoms with van der Waals surface area (Å²) in [5, 5.41) is 4.13. The minimum atomic E-state index is -0.615. The number of methoxy groups -OCH3 is 1. The third-order valence-electron chi connectivity index (χ3n) is 4.62. The van der Waals surface area contributed by atoms with Gasteiger partial charge in [-0.05, 0) is 12.0 Å². The number of carbonyl (C=O) groups excluding carboxylic acids is 1. The van der Waals surface area contributed by atoms with Gasteiger partial charge in [-0.25, -0.2) is 9.97 Å². The van der Waals surface area contributed by atoms with Crippen molar-refractivity contribution in [3.05, 3.63) is 35.9 Å². The monoisotopic (exact) mass is 358 g/mol. The van der Waals surface area contributed by atoms with Crippen LogP contribution in [0.15, 0.2) is 24.7 Å². The molecule has 3 heterocycles. The molecule has 0 bridgehead atoms. The Bertz CT molecular complexity index is 752. The van der Waals surface area contributed by atoms with E-state index >= 15 is 0 Å². The summed E-state index contributed by atoms with van der Waals surface area (Å²) < 4.78 is 7.11. The van der Waals surface area contributed by atoms with Crippen molar-refractivity contribution in [1.29, 1.82) is 0 Å². The molecule has 0 saturated carbocycles. The lowest BCUT2D eigenvalue weighted by Gasteiger charge is -2.36. The van der Waals surface area contributed by atoms with E-state index in [1.54, 1.807) is 24.2 Å². The Morgan fingerprint density at radius 3 is 2.54 bits per heavy atom. The van der Waals surface area contributed by atoms with Gasteiger partial charge in [0.1, 0.15) is 0 Å². The lowest BCUT2D eigenvalue weighted by atomic mass is 10.1. The van der Waals surface area contributed by atoms with Crippen molar-refractivity contribution in [3.63, 3.8) is 0 Å². The quantitative estimate of drug-likeness (QED) is 0.803. The number of carbonyl (C=O) groups is 1. The molecule has 140 valence electrons. The van der Waals surface area contributed by atoms with Crippen LogP contribution in [0.3, 0.4) is 0 Å². The van der Waals surface area contributed by atoms with Crippen LogP contribution < -0.4 is 4.90 Å². The van der Waals surface area contributed by atoms with E-state index in [1.807, 2.05) is 24.2 Å². The number of amides is 1. The highest BCUT2D eigenvalue weighted by atomic mass is 16.5. The van der Waals surface area contributed by atoms with E-state index in [0.717, 1.165) is 17.2 Å². The molecule has 0 radical (unpaired) electrons. The van der Waals surface area contributed by atoms with Crippen LogP contribution in [0.4, 0.5) is 5.95 Å². The van der Waals surface area contributed by atoms with Crippen molar-refractivity contribution in [2.24, 2.45) is 7.05 Å². The zero-order chi connectivity index (χ0) is 18.7. The lowest BCUT2D eigenvalue weighted by Crippen LogP contribution is -2.50. The summed E-state index contributed by atoms with van der Waals surface area (Å²) in [6, 6.07) is 1.95. The molecule has 1 aliphatic heterocycles. The lowest BCUT2D eigenvalue weighted by molar-refractivity contribution is -0.142. The fraction of sp³-hybridized carbons (Fsp3) is 0.556. The minimum Gasteiger partial charge on any atom is -0.367 e. The standard InChI is InChI=1S/C18H26N6O2/c1-13(2)15-5-6-19-18(21-15)24-9-7-23(8-10-24)17(25)16(26-4)14-11-20-22(3)12-14/h5-6,11-13,16H,7-10H2,1-4H3. The third kappa shape index (κ3) is 3.85. The van der Waals surface area contributed by atoms with E-state index in [9.17, 15) is 4.79 Å². The first kappa shape index (κ1) is 18.3. The Morgan fingerprint density at radius 2 is 1.96 bits per heavy atom. The molecule has 2 aromatic heterocycles. The van der Waals surface area contributed by atoms with E-state index in [-0.39, 0.29) is 5.91 Å². The molecule has 0 spiro atoms. The molecule has 0 N–H and O–H groups in total. The highest BCUT2D eigenvalue weighted by molar-refractivity contribution is 5.82. The van der Waals surface area contributed by atoms with Crippen molar-refractivity contribution >= 4 is 11.9 Å². The number of rotatable bonds is 5. The zero-order valence-corrected chi connectivity index (χ0v) is 15.8. The van der Waals surface area contributed by atoms with Gasteiger partial charge in [0.2, 0.25) is 5.95 Å². The fourth-order valence-corrected chi connectivity index (χ4v) is 3.08. The first-order chi connectivity index (χ1) is 12.5. The number of anilines is 1. The average Bonchev–Trinajstić information content (AvgIpc) is 3.08. The molecule has 1 saturated heterocycles. The maximum absolute atomic E-state index is 12.8. The summed E-state index contributed by atoms with van der Waals surface area (Å²) in [5.41, 5.74) is 1.81. The highest BCUT2D eigenvalue weighted by Crippen LogP contribution is 2.21. The Kier molecular flexibility index (Phi) is 5.51. The van der Waals surface area contributed by atoms with Crippen LogP contribution in [0, 0.1) is 0 Å². The Hall–Kier alpha value is -2.48. The molecule has 3 rings (SSSR count). The van der Waals surface area contributed by atoms with Gasteiger partial charge < -0.3 is 14.5 Å². The molecule has 2 aromatic rings. The summed E-state index contributed by atoms with van der Waals surface area (Å²) in [7, 11) is 3.38. The molecule has 1 atom stereocenters. The summed E-state index contributed by atoms with van der Waals surface area (Å²) in [6.45, 7) is 6.88. The van der Waals surface area contributed by atoms with Gasteiger partial charge >= 0.3 is 0 Å². The number of aromatic nitrogens is 4. The first-order valence-corrected chi connectivity index (χ1v) is 8.87. The SMILES string of the molecule is COC(C(=O)N1CCN(c2nccc(C(C)C)n2)CC1)c1cnn(C)c1. The summed E-state index contributed by atoms with van der Waals surface area (Å²) in [5.74, 6) is 1.07. The average molecular weight is 358 g/mol. The number of hydrogen-bond donors (Lipinski definition) is 0. The summed E-state index contributed by atoms with van der Waals surface area (Å²) in [6.07, 6.45) is 4.68. The van der Waals surface area contributed by atoms with E-state index in [1.165, 1.54) is 0 Å². The molecule has 0 aliphatic carbocycles. The summed E-state index contributed by atoms with van der Waals surface area (Å²) >= 11 is 0. The van der Waals surface area contributed by atoms with Gasteiger partial charge in [0, 0.05) is 64.0 Å². The van der Waals surface area contributed by atoms with Crippen molar-refractivity contribution < 1.29 is 9.53 Å². The molecular weight excluding hydrogens is 332 g/mol. The molecule has 8 nitrogen and oxygen atoms in total. The topological polar surface area (TPSA) is 76.4 Å². The van der Waals surface area contributed by atoms with Crippen LogP contribution in [0.25, 0.3) is 0 Å². The van der Waals surface area contributed by atoms with Crippen molar-refractivity contribution in [2.75, 3.05) is 38.2 Å². The van der Waals surface area contributed by atoms with Crippen LogP contribution >= 0.6 is 0 Å². The largest absolute Gasteiger partial charge is 0.367 e. The normalized spacial score (nSPS) is 16.2. The van der Waals surface area contributed by atoms with Gasteiger partial charge in [-0.2, -0.15) is 5.10 Å². The first-order valence-electron chi connectivity index (χ1n) is 8.87. The van der Waals surface area contributed by atoms with Gasteiger partial charge in [-0.1, -0.05) is 13.8 Å². The van der Waals surface area contributed by atoms with Crippen LogP contribution in [-0.4, -0.2) is 63.8 Å². The minimum absolute atomic E-state index is 0.0306. The Morgan fingerprint density at radius 1 is 1.23 bits per heavy atom. The Labute approximate surface area is 153 Å². The van der Waals surface area contributed by atoms with Gasteiger partial charge in [0.25, 0.3) is 5.91 Å². The number of hydrogen-bond acceptors (Lipinski definition) is 6. The second kappa shape index (κ2) is 7.82. The predicted molar refractivity (Wildman–Crippen MR) is 97.9 cm³/mol. The number of ether oxygens (including phenoxy) is 1. The maximum atomic E-state index is 12.8. The molecule has 0 aromatic carbocycles. The molecular formula is C18H26N6O2. The van der Waals surface area contributed by atoms with E-state index < -0.39 is 6.10 Å². The van der Waals surface area contributed by atoms with Crippen LogP contribution in [-0.2, 0) is 16.6 Å². The van der Waals surface area contributed by atoms with Crippen molar-refractivity contribution in [3.8, 4) is 0 Å². The van der Waals surface area contributed by atoms with Crippen LogP contribution in [0.1, 0.15) is 37.1 Å². The summed E-state index contributed by atoms with van der Waals surface area (Å²) in [4.78, 5) is 25.8. The van der Waals surface area contributed by atoms with E-state index in [2.05, 4.69) is 33.8 Å². The molecule has 8 heteroatoms. The Balaban J connectivity index is 1.64. The second-order valence-electron chi connectivity index (χ2n) is 6.81. The third-order valence-corrected chi connectivity index (χ3v) is 4.62. The predicted octanol–water partition coefficient (Wildman–Crippen LogP) is 1.37. The van der Waals surface area contributed by atoms with Crippen molar-refractivity contribution in [1.82, 2.24) is 24.6 Å². The molecule has 26 heavy (non-hydrogen) atoms. The molecule has 1 amide bonds. The van der Waals surface area contributed by atoms with Gasteiger partial charge in [0.05, 0.1) is 6.20 Å². The smallest absolute Gasteiger partial charge is 0.256 e. The van der Waals surface area contributed by atoms with E-state index in [4.69, 9.17) is 4.74 Å². The maximum Gasteiger partial charge on any atom is 0.256 e. The van der Waals surface area contributed by atoms with Crippen LogP contribution in [0.2, 0.25) is 0 Å². The highest BCUT2D eigenvalue weighted by Gasteiger charge is 2.30. The number of nitrogens with zero attached hydrogens (tertiary/aromatic N) is 6. The van der Waals surface area contributed by atoms with Crippen molar-refractivity contribution in [2.45, 2.75) is 25.9 Å². The number of aryl methyl sites for hydroxylation is 1. The molecule has 1 unspecified atom stereocenters. The van der Waals surface area contributed by atoms with E-state index in [0.29, 0.717) is 32.1 Å². The molecule has 1 aliphatic rings. The van der Waals surface area contributed by atoms with Gasteiger partial charge in [-0.15, -0.1) is 0 Å². The van der Waals surface area contributed by atoms with Gasteiger partial charge in [-0.3, -0.25) is 9.48 Å². The molecule has 1 fully saturated rings. The fourth-order valence-electron chi connectivity index (χ4n) is 3.08. The second-order valence-corrected chi connectivity index (χ2v) is 6.81.